The summed E-state index contributed by atoms with van der Waals surface area (Å²) in [6.07, 6.45) is 0. The lowest BCUT2D eigenvalue weighted by atomic mass is 10.1. The Morgan fingerprint density at radius 1 is 1.15 bits per heavy atom. The van der Waals surface area contributed by atoms with Crippen molar-refractivity contribution >= 4 is 23.3 Å². The molecule has 0 bridgehead atoms. The third-order valence-corrected chi connectivity index (χ3v) is 3.64. The fourth-order valence-corrected chi connectivity index (χ4v) is 2.42. The van der Waals surface area contributed by atoms with E-state index in [1.165, 1.54) is 13.2 Å². The number of hydrogen-bond acceptors (Lipinski definition) is 6. The number of methoxy groups -OCH3 is 1. The molecule has 3 amide bonds. The first-order chi connectivity index (χ1) is 12.9. The number of carbonyl (C=O) groups is 2. The Kier molecular flexibility index (Phi) is 6.84. The normalized spacial score (nSPS) is 10.3. The maximum absolute atomic E-state index is 12.0. The van der Waals surface area contributed by atoms with Gasteiger partial charge in [-0.1, -0.05) is 18.2 Å². The maximum Gasteiger partial charge on any atom is 0.325 e. The van der Waals surface area contributed by atoms with Crippen LogP contribution in [0.5, 0.6) is 5.75 Å². The van der Waals surface area contributed by atoms with E-state index in [4.69, 9.17) is 4.74 Å². The molecule has 0 aliphatic rings. The number of para-hydroxylation sites is 1. The van der Waals surface area contributed by atoms with Crippen LogP contribution in [0, 0.1) is 10.1 Å². The lowest BCUT2D eigenvalue weighted by Crippen LogP contribution is -2.40. The van der Waals surface area contributed by atoms with E-state index in [1.807, 2.05) is 0 Å². The molecule has 0 aliphatic carbocycles. The maximum atomic E-state index is 12.0. The highest BCUT2D eigenvalue weighted by Gasteiger charge is 2.16. The molecule has 2 aromatic carbocycles. The average Bonchev–Trinajstić information content (AvgIpc) is 2.62. The van der Waals surface area contributed by atoms with Crippen LogP contribution in [0.2, 0.25) is 0 Å². The van der Waals surface area contributed by atoms with E-state index in [9.17, 15) is 19.7 Å². The van der Waals surface area contributed by atoms with Gasteiger partial charge in [0.05, 0.1) is 18.6 Å². The number of likely N-dealkylation sites (N-methyl/N-ethyl adjacent to an activating group) is 1. The summed E-state index contributed by atoms with van der Waals surface area (Å²) in [6, 6.07) is 12.3. The van der Waals surface area contributed by atoms with E-state index in [0.717, 1.165) is 0 Å². The smallest absolute Gasteiger partial charge is 0.325 e. The number of nitrogens with one attached hydrogen (secondary N) is 2. The first-order valence-electron chi connectivity index (χ1n) is 8.04. The molecule has 0 atom stereocenters. The van der Waals surface area contributed by atoms with Crippen molar-refractivity contribution in [1.29, 1.82) is 0 Å². The molecule has 0 radical (unpaired) electrons. The number of rotatable bonds is 7. The Balaban J connectivity index is 1.85. The minimum atomic E-state index is -0.663. The molecule has 0 saturated carbocycles. The standard InChI is InChI=1S/C18H20N4O5/c1-21(11-13-5-3-4-6-16(13)22(25)26)12-17(23)20-18(24)19-14-7-9-15(27-2)10-8-14/h3-10H,11-12H2,1-2H3,(H2,19,20,23,24). The highest BCUT2D eigenvalue weighted by Crippen LogP contribution is 2.19. The molecule has 0 unspecified atom stereocenters. The molecule has 2 aromatic rings. The molecule has 2 rings (SSSR count). The minimum absolute atomic E-state index is 0.0120. The van der Waals surface area contributed by atoms with Gasteiger partial charge in [-0.15, -0.1) is 0 Å². The third kappa shape index (κ3) is 6.08. The SMILES string of the molecule is COc1ccc(NC(=O)NC(=O)CN(C)Cc2ccccc2[N+](=O)[O-])cc1. The topological polar surface area (TPSA) is 114 Å². The van der Waals surface area contributed by atoms with Gasteiger partial charge < -0.3 is 10.1 Å². The first kappa shape index (κ1) is 19.9. The number of imide groups is 1. The predicted molar refractivity (Wildman–Crippen MR) is 99.6 cm³/mol. The summed E-state index contributed by atoms with van der Waals surface area (Å²) in [5.41, 5.74) is 0.983. The van der Waals surface area contributed by atoms with E-state index in [0.29, 0.717) is 17.0 Å². The van der Waals surface area contributed by atoms with Gasteiger partial charge in [0.25, 0.3) is 5.69 Å². The van der Waals surface area contributed by atoms with Crippen LogP contribution in [-0.4, -0.2) is 42.5 Å². The summed E-state index contributed by atoms with van der Waals surface area (Å²) >= 11 is 0. The average molecular weight is 372 g/mol. The van der Waals surface area contributed by atoms with Crippen LogP contribution in [0.4, 0.5) is 16.2 Å². The van der Waals surface area contributed by atoms with Crippen LogP contribution in [0.1, 0.15) is 5.56 Å². The van der Waals surface area contributed by atoms with Gasteiger partial charge in [0, 0.05) is 23.9 Å². The Hall–Kier alpha value is -3.46. The van der Waals surface area contributed by atoms with Gasteiger partial charge in [0.2, 0.25) is 5.91 Å². The van der Waals surface area contributed by atoms with Crippen LogP contribution in [0.15, 0.2) is 48.5 Å². The molecule has 0 saturated heterocycles. The summed E-state index contributed by atoms with van der Waals surface area (Å²) in [6.45, 7) is 0.104. The van der Waals surface area contributed by atoms with Crippen molar-refractivity contribution < 1.29 is 19.2 Å². The van der Waals surface area contributed by atoms with Gasteiger partial charge in [0.15, 0.2) is 0 Å². The van der Waals surface area contributed by atoms with Crippen molar-refractivity contribution in [3.05, 3.63) is 64.2 Å². The van der Waals surface area contributed by atoms with Crippen molar-refractivity contribution in [3.63, 3.8) is 0 Å². The molecule has 27 heavy (non-hydrogen) atoms. The molecular formula is C18H20N4O5. The summed E-state index contributed by atoms with van der Waals surface area (Å²) < 4.78 is 5.02. The van der Waals surface area contributed by atoms with Crippen LogP contribution in [-0.2, 0) is 11.3 Å². The van der Waals surface area contributed by atoms with Gasteiger partial charge >= 0.3 is 6.03 Å². The Labute approximate surface area is 156 Å². The van der Waals surface area contributed by atoms with E-state index < -0.39 is 16.9 Å². The van der Waals surface area contributed by atoms with E-state index in [2.05, 4.69) is 10.6 Å². The number of urea groups is 1. The molecule has 0 heterocycles. The number of ether oxygens (including phenoxy) is 1. The third-order valence-electron chi connectivity index (χ3n) is 3.64. The summed E-state index contributed by atoms with van der Waals surface area (Å²) in [4.78, 5) is 36.0. The minimum Gasteiger partial charge on any atom is -0.497 e. The number of nitro groups is 1. The van der Waals surface area contributed by atoms with E-state index in [1.54, 1.807) is 54.4 Å². The number of carbonyl (C=O) groups excluding carboxylic acids is 2. The van der Waals surface area contributed by atoms with Gasteiger partial charge in [-0.2, -0.15) is 0 Å². The van der Waals surface area contributed by atoms with Crippen LogP contribution in [0.3, 0.4) is 0 Å². The number of benzene rings is 2. The molecular weight excluding hydrogens is 352 g/mol. The zero-order valence-corrected chi connectivity index (χ0v) is 15.0. The summed E-state index contributed by atoms with van der Waals surface area (Å²) in [5, 5.41) is 15.8. The zero-order valence-electron chi connectivity index (χ0n) is 15.0. The molecule has 0 fully saturated rings. The van der Waals surface area contributed by atoms with Gasteiger partial charge in [0.1, 0.15) is 5.75 Å². The molecule has 0 aromatic heterocycles. The van der Waals surface area contributed by atoms with Crippen molar-refractivity contribution in [3.8, 4) is 5.75 Å². The summed E-state index contributed by atoms with van der Waals surface area (Å²) in [5.74, 6) is 0.121. The van der Waals surface area contributed by atoms with Crippen LogP contribution < -0.4 is 15.4 Å². The number of amides is 3. The molecule has 9 nitrogen and oxygen atoms in total. The highest BCUT2D eigenvalue weighted by atomic mass is 16.6. The predicted octanol–water partition coefficient (Wildman–Crippen LogP) is 2.38. The van der Waals surface area contributed by atoms with Crippen molar-refractivity contribution in [2.45, 2.75) is 6.54 Å². The second-order valence-corrected chi connectivity index (χ2v) is 5.79. The van der Waals surface area contributed by atoms with Crippen LogP contribution >= 0.6 is 0 Å². The number of anilines is 1. The van der Waals surface area contributed by atoms with Gasteiger partial charge in [-0.05, 0) is 31.3 Å². The number of nitrogens with zero attached hydrogens (tertiary/aromatic N) is 2. The Bertz CT molecular complexity index is 823. The molecule has 2 N–H and O–H groups in total. The summed E-state index contributed by atoms with van der Waals surface area (Å²) in [7, 11) is 3.17. The Morgan fingerprint density at radius 2 is 1.81 bits per heavy atom. The first-order valence-corrected chi connectivity index (χ1v) is 8.04. The second kappa shape index (κ2) is 9.30. The Morgan fingerprint density at radius 3 is 2.44 bits per heavy atom. The van der Waals surface area contributed by atoms with Crippen molar-refractivity contribution in [1.82, 2.24) is 10.2 Å². The second-order valence-electron chi connectivity index (χ2n) is 5.79. The highest BCUT2D eigenvalue weighted by molar-refractivity contribution is 6.01. The molecule has 9 heteroatoms. The van der Waals surface area contributed by atoms with Gasteiger partial charge in [-0.25, -0.2) is 4.79 Å². The molecule has 0 aliphatic heterocycles. The van der Waals surface area contributed by atoms with E-state index >= 15 is 0 Å². The van der Waals surface area contributed by atoms with E-state index in [-0.39, 0.29) is 18.8 Å². The lowest BCUT2D eigenvalue weighted by molar-refractivity contribution is -0.385. The zero-order chi connectivity index (χ0) is 19.8. The van der Waals surface area contributed by atoms with Crippen molar-refractivity contribution in [2.24, 2.45) is 0 Å². The fraction of sp³-hybridized carbons (Fsp3) is 0.222. The van der Waals surface area contributed by atoms with Crippen molar-refractivity contribution in [2.75, 3.05) is 26.0 Å². The molecule has 142 valence electrons. The number of hydrogen-bond donors (Lipinski definition) is 2. The van der Waals surface area contributed by atoms with Crippen LogP contribution in [0.25, 0.3) is 0 Å². The number of nitro benzene ring substituents is 1. The quantitative estimate of drug-likeness (QED) is 0.570. The van der Waals surface area contributed by atoms with Gasteiger partial charge in [-0.3, -0.25) is 25.1 Å². The fourth-order valence-electron chi connectivity index (χ4n) is 2.42. The largest absolute Gasteiger partial charge is 0.497 e. The lowest BCUT2D eigenvalue weighted by Gasteiger charge is -2.16. The monoisotopic (exact) mass is 372 g/mol. The molecule has 0 spiro atoms.